The molecule has 1 atom stereocenters. The van der Waals surface area contributed by atoms with Crippen LogP contribution < -0.4 is 0 Å². The highest BCUT2D eigenvalue weighted by atomic mass is 32.2. The molecule has 64 valence electrons. The monoisotopic (exact) mass is 200 g/mol. The molecule has 0 fully saturated rings. The minimum atomic E-state index is -4.58. The van der Waals surface area contributed by atoms with Crippen molar-refractivity contribution >= 4 is 24.5 Å². The highest BCUT2D eigenvalue weighted by Gasteiger charge is 2.26. The zero-order valence-corrected chi connectivity index (χ0v) is 7.13. The van der Waals surface area contributed by atoms with E-state index < -0.39 is 29.7 Å². The van der Waals surface area contributed by atoms with E-state index in [1.807, 2.05) is 0 Å². The smallest absolute Gasteiger partial charge is 0.315 e. The van der Waals surface area contributed by atoms with E-state index in [2.05, 4.69) is 4.74 Å². The molecule has 0 bridgehead atoms. The van der Waals surface area contributed by atoms with Gasteiger partial charge >= 0.3 is 21.3 Å². The molecule has 0 saturated heterocycles. The van der Waals surface area contributed by atoms with Gasteiger partial charge in [0.25, 0.3) is 0 Å². The second-order valence-electron chi connectivity index (χ2n) is 1.54. The first kappa shape index (κ1) is 10.5. The van der Waals surface area contributed by atoms with Crippen LogP contribution in [0.2, 0.25) is 0 Å². The molecule has 0 aliphatic heterocycles. The summed E-state index contributed by atoms with van der Waals surface area (Å²) < 4.78 is 42.5. The van der Waals surface area contributed by atoms with E-state index in [1.165, 1.54) is 0 Å². The van der Waals surface area contributed by atoms with E-state index in [4.69, 9.17) is 4.55 Å². The van der Waals surface area contributed by atoms with Gasteiger partial charge in [-0.3, -0.25) is 13.9 Å². The minimum absolute atomic E-state index is 0.934. The Morgan fingerprint density at radius 2 is 2.09 bits per heavy atom. The van der Waals surface area contributed by atoms with Crippen molar-refractivity contribution in [3.05, 3.63) is 0 Å². The van der Waals surface area contributed by atoms with E-state index in [0.29, 0.717) is 0 Å². The Morgan fingerprint density at radius 3 is 2.18 bits per heavy atom. The average molecular weight is 200 g/mol. The molecule has 0 aliphatic rings. The number of carbonyl (C=O) groups is 1. The topological polar surface area (TPSA) is 97.7 Å². The number of carbonyl (C=O) groups excluding carboxylic acids is 1. The van der Waals surface area contributed by atoms with Crippen molar-refractivity contribution in [2.24, 2.45) is 0 Å². The van der Waals surface area contributed by atoms with Gasteiger partial charge in [-0.25, -0.2) is 0 Å². The lowest BCUT2D eigenvalue weighted by molar-refractivity contribution is -0.140. The maximum absolute atomic E-state index is 10.2. The van der Waals surface area contributed by atoms with Crippen LogP contribution in [0.5, 0.6) is 0 Å². The van der Waals surface area contributed by atoms with Crippen molar-refractivity contribution in [1.82, 2.24) is 0 Å². The summed E-state index contributed by atoms with van der Waals surface area (Å²) in [4.78, 5) is 10.1. The molecule has 1 unspecified atom stereocenters. The van der Waals surface area contributed by atoms with Crippen molar-refractivity contribution in [3.63, 3.8) is 0 Å². The van der Waals surface area contributed by atoms with Crippen LogP contribution in [0, 0.1) is 0 Å². The predicted octanol–water partition coefficient (Wildman–Crippen LogP) is 0.0126. The summed E-state index contributed by atoms with van der Waals surface area (Å²) in [5.74, 6) is -0.934. The summed E-state index contributed by atoms with van der Waals surface area (Å²) in [5.41, 5.74) is 0. The number of hydrogen-bond donors (Lipinski definition) is 1. The van der Waals surface area contributed by atoms with Crippen molar-refractivity contribution in [3.8, 4) is 0 Å². The Morgan fingerprint density at radius 1 is 1.64 bits per heavy atom. The maximum Gasteiger partial charge on any atom is 0.315 e. The first-order valence-electron chi connectivity index (χ1n) is 2.34. The summed E-state index contributed by atoms with van der Waals surface area (Å²) in [6, 6.07) is 0. The Hall–Kier alpha value is -0.520. The second kappa shape index (κ2) is 3.75. The fourth-order valence-electron chi connectivity index (χ4n) is 0.279. The third-order valence-electron chi connectivity index (χ3n) is 0.608. The minimum Gasteiger partial charge on any atom is -0.431 e. The molecule has 0 saturated carbocycles. The lowest BCUT2D eigenvalue weighted by Crippen LogP contribution is -2.20. The van der Waals surface area contributed by atoms with Gasteiger partial charge in [0.2, 0.25) is 8.46 Å². The molecule has 0 rings (SSSR count). The molecular weight excluding hydrogens is 195 g/mol. The van der Waals surface area contributed by atoms with E-state index in [0.717, 1.165) is 6.92 Å². The van der Waals surface area contributed by atoms with Gasteiger partial charge < -0.3 is 4.74 Å². The fourth-order valence-corrected chi connectivity index (χ4v) is 1.16. The molecule has 8 heteroatoms. The Bertz CT molecular complexity index is 255. The van der Waals surface area contributed by atoms with E-state index in [-0.39, 0.29) is 0 Å². The molecule has 11 heavy (non-hydrogen) atoms. The van der Waals surface area contributed by atoms with Crippen molar-refractivity contribution in [2.45, 2.75) is 12.1 Å². The summed E-state index contributed by atoms with van der Waals surface area (Å²) in [6.07, 6.45) is 0. The zero-order chi connectivity index (χ0) is 9.07. The van der Waals surface area contributed by atoms with Crippen LogP contribution in [0.15, 0.2) is 0 Å². The van der Waals surface area contributed by atoms with Gasteiger partial charge in [0, 0.05) is 6.92 Å². The first-order valence-corrected chi connectivity index (χ1v) is 4.72. The second-order valence-corrected chi connectivity index (χ2v) is 4.02. The molecule has 1 N–H and O–H groups in total. The molecule has 0 aromatic heterocycles. The van der Waals surface area contributed by atoms with Gasteiger partial charge in [-0.1, -0.05) is 0 Å². The Labute approximate surface area is 64.5 Å². The van der Waals surface area contributed by atoms with Crippen LogP contribution >= 0.6 is 8.46 Å². The number of hydrogen-bond acceptors (Lipinski definition) is 5. The molecule has 0 amide bonds. The van der Waals surface area contributed by atoms with Gasteiger partial charge in [-0.15, -0.1) is 0 Å². The molecule has 0 heterocycles. The van der Waals surface area contributed by atoms with E-state index in [1.54, 1.807) is 0 Å². The van der Waals surface area contributed by atoms with Crippen LogP contribution in [0.1, 0.15) is 6.92 Å². The first-order chi connectivity index (χ1) is 4.88. The van der Waals surface area contributed by atoms with Gasteiger partial charge in [0.15, 0.2) is 0 Å². The van der Waals surface area contributed by atoms with E-state index in [9.17, 15) is 17.8 Å². The quantitative estimate of drug-likeness (QED) is 0.391. The summed E-state index contributed by atoms with van der Waals surface area (Å²) >= 11 is 0. The van der Waals surface area contributed by atoms with Gasteiger partial charge in [-0.2, -0.15) is 8.42 Å². The molecule has 0 spiro atoms. The van der Waals surface area contributed by atoms with Crippen LogP contribution in [0.4, 0.5) is 0 Å². The number of esters is 1. The average Bonchev–Trinajstić information content (AvgIpc) is 1.79. The number of ether oxygens (including phenoxy) is 1. The maximum atomic E-state index is 10.2. The van der Waals surface area contributed by atoms with Crippen LogP contribution in [0.25, 0.3) is 0 Å². The van der Waals surface area contributed by atoms with Crippen LogP contribution in [-0.2, 0) is 24.2 Å². The molecule has 0 aromatic carbocycles. The molecule has 6 nitrogen and oxygen atoms in total. The molecule has 0 aromatic rings. The van der Waals surface area contributed by atoms with Crippen LogP contribution in [0.3, 0.4) is 0 Å². The third kappa shape index (κ3) is 4.02. The fraction of sp³-hybridized carbons (Fsp3) is 0.667. The van der Waals surface area contributed by atoms with Crippen molar-refractivity contribution in [1.29, 1.82) is 0 Å². The zero-order valence-electron chi connectivity index (χ0n) is 5.42. The number of rotatable bonds is 3. The van der Waals surface area contributed by atoms with Crippen LogP contribution in [-0.4, -0.2) is 24.1 Å². The third-order valence-corrected chi connectivity index (χ3v) is 2.55. The lowest BCUT2D eigenvalue weighted by Gasteiger charge is -2.04. The Kier molecular flexibility index (Phi) is 3.57. The molecule has 0 aliphatic carbocycles. The van der Waals surface area contributed by atoms with E-state index >= 15 is 0 Å². The standard InChI is InChI=1S/C3H5O6PS/c1-2(4)9-3(10-5)11(6,7)8/h3H,1H3,(H,6,7,8). The van der Waals surface area contributed by atoms with Crippen molar-refractivity contribution < 1.29 is 27.1 Å². The highest BCUT2D eigenvalue weighted by Crippen LogP contribution is 2.14. The predicted molar refractivity (Wildman–Crippen MR) is 34.7 cm³/mol. The SMILES string of the molecule is CC(=O)OC(P=O)S(=O)(=O)O. The normalized spacial score (nSPS) is 14.4. The Balaban J connectivity index is 4.44. The molecule has 0 radical (unpaired) electrons. The highest BCUT2D eigenvalue weighted by molar-refractivity contribution is 7.90. The summed E-state index contributed by atoms with van der Waals surface area (Å²) in [6.45, 7) is 0.934. The lowest BCUT2D eigenvalue weighted by atomic mass is 10.8. The largest absolute Gasteiger partial charge is 0.431 e. The summed E-state index contributed by atoms with van der Waals surface area (Å²) in [7, 11) is -5.56. The van der Waals surface area contributed by atoms with Crippen molar-refractivity contribution in [2.75, 3.05) is 0 Å². The van der Waals surface area contributed by atoms with Gasteiger partial charge in [0.1, 0.15) is 0 Å². The van der Waals surface area contributed by atoms with Gasteiger partial charge in [-0.05, 0) is 0 Å². The molecular formula is C3H5O6PS. The summed E-state index contributed by atoms with van der Waals surface area (Å²) in [5, 5.41) is -2.01. The van der Waals surface area contributed by atoms with Gasteiger partial charge in [0.05, 0.1) is 0 Å².